The molecule has 4 fully saturated rings. The van der Waals surface area contributed by atoms with E-state index in [1.807, 2.05) is 0 Å². The number of benzene rings is 8. The zero-order valence-corrected chi connectivity index (χ0v) is 31.0. The number of nitrogens with zero attached hydrogens (tertiary/aromatic N) is 1. The van der Waals surface area contributed by atoms with E-state index in [-0.39, 0.29) is 5.41 Å². The number of rotatable bonds is 5. The van der Waals surface area contributed by atoms with Crippen molar-refractivity contribution in [2.75, 3.05) is 4.90 Å². The lowest BCUT2D eigenvalue weighted by Gasteiger charge is -2.61. The Morgan fingerprint density at radius 1 is 0.400 bits per heavy atom. The summed E-state index contributed by atoms with van der Waals surface area (Å²) in [6.45, 7) is 0. The van der Waals surface area contributed by atoms with Gasteiger partial charge in [-0.15, -0.1) is 0 Å². The molecule has 0 N–H and O–H groups in total. The van der Waals surface area contributed by atoms with Gasteiger partial charge < -0.3 is 4.90 Å². The van der Waals surface area contributed by atoms with Crippen molar-refractivity contribution < 1.29 is 0 Å². The maximum Gasteiger partial charge on any atom is 0.0543 e. The van der Waals surface area contributed by atoms with Gasteiger partial charge in [-0.25, -0.2) is 0 Å². The van der Waals surface area contributed by atoms with Crippen LogP contribution in [-0.2, 0) is 5.41 Å². The van der Waals surface area contributed by atoms with E-state index in [4.69, 9.17) is 0 Å². The van der Waals surface area contributed by atoms with Gasteiger partial charge in [-0.1, -0.05) is 140 Å². The molecule has 0 atom stereocenters. The summed E-state index contributed by atoms with van der Waals surface area (Å²) in [5.41, 5.74) is 14.8. The van der Waals surface area contributed by atoms with Crippen LogP contribution in [0.2, 0.25) is 0 Å². The van der Waals surface area contributed by atoms with Crippen molar-refractivity contribution in [3.63, 3.8) is 0 Å². The predicted molar refractivity (Wildman–Crippen MR) is 230 cm³/mol. The van der Waals surface area contributed by atoms with Crippen LogP contribution in [-0.4, -0.2) is 0 Å². The number of fused-ring (bicyclic) bond motifs is 6. The second kappa shape index (κ2) is 12.0. The third kappa shape index (κ3) is 4.66. The van der Waals surface area contributed by atoms with Crippen molar-refractivity contribution in [1.82, 2.24) is 0 Å². The van der Waals surface area contributed by atoms with Crippen LogP contribution in [0.25, 0.3) is 54.9 Å². The Bertz CT molecular complexity index is 2730. The zero-order valence-electron chi connectivity index (χ0n) is 31.0. The highest BCUT2D eigenvalue weighted by molar-refractivity contribution is 6.08. The largest absolute Gasteiger partial charge is 0.310 e. The lowest BCUT2D eigenvalue weighted by molar-refractivity contribution is -0.0399. The molecule has 4 saturated carbocycles. The molecule has 1 nitrogen and oxygen atoms in total. The molecule has 0 unspecified atom stereocenters. The second-order valence-electron chi connectivity index (χ2n) is 16.9. The van der Waals surface area contributed by atoms with Crippen molar-refractivity contribution in [2.24, 2.45) is 23.7 Å². The van der Waals surface area contributed by atoms with E-state index >= 15 is 0 Å². The van der Waals surface area contributed by atoms with Crippen molar-refractivity contribution in [2.45, 2.75) is 37.5 Å². The van der Waals surface area contributed by atoms with Gasteiger partial charge in [0.05, 0.1) is 5.69 Å². The fourth-order valence-electron chi connectivity index (χ4n) is 12.2. The van der Waals surface area contributed by atoms with Crippen molar-refractivity contribution in [3.8, 4) is 33.4 Å². The molecule has 5 aliphatic carbocycles. The van der Waals surface area contributed by atoms with Crippen LogP contribution in [0.5, 0.6) is 0 Å². The molecule has 55 heavy (non-hydrogen) atoms. The number of anilines is 3. The normalized spacial score (nSPS) is 23.0. The van der Waals surface area contributed by atoms with E-state index in [9.17, 15) is 0 Å². The fraction of sp³-hybridized carbons (Fsp3) is 0.185. The van der Waals surface area contributed by atoms with Crippen molar-refractivity contribution >= 4 is 38.6 Å². The maximum atomic E-state index is 2.54. The van der Waals surface area contributed by atoms with Gasteiger partial charge in [-0.3, -0.25) is 0 Å². The molecule has 8 aromatic rings. The molecule has 4 bridgehead atoms. The van der Waals surface area contributed by atoms with E-state index in [1.165, 1.54) is 104 Å². The average molecular weight is 706 g/mol. The minimum atomic E-state index is 0.128. The molecule has 0 radical (unpaired) electrons. The quantitative estimate of drug-likeness (QED) is 0.161. The molecule has 13 rings (SSSR count). The van der Waals surface area contributed by atoms with Gasteiger partial charge in [-0.05, 0) is 153 Å². The SMILES string of the molecule is c1ccc(-c2ccc(N(c3ccc(-c4ccc5c(ccc6ccccc65)c4)cc3)c3cccc4c3-c3ccccc3C43C4CC5CC(C4)CC3C5)cc2)cc1. The minimum absolute atomic E-state index is 0.128. The number of hydrogen-bond acceptors (Lipinski definition) is 1. The molecular formula is C54H43N. The summed E-state index contributed by atoms with van der Waals surface area (Å²) in [5.74, 6) is 3.32. The van der Waals surface area contributed by atoms with Gasteiger partial charge in [0.25, 0.3) is 0 Å². The van der Waals surface area contributed by atoms with Crippen LogP contribution in [0.4, 0.5) is 17.1 Å². The third-order valence-corrected chi connectivity index (χ3v) is 14.2. The van der Waals surface area contributed by atoms with Gasteiger partial charge in [0, 0.05) is 22.4 Å². The van der Waals surface area contributed by atoms with E-state index in [0.29, 0.717) is 0 Å². The summed E-state index contributed by atoms with van der Waals surface area (Å²) < 4.78 is 0. The summed E-state index contributed by atoms with van der Waals surface area (Å²) in [7, 11) is 0. The van der Waals surface area contributed by atoms with Crippen LogP contribution < -0.4 is 4.90 Å². The molecule has 5 aliphatic rings. The summed E-state index contributed by atoms with van der Waals surface area (Å²) in [4.78, 5) is 2.54. The van der Waals surface area contributed by atoms with Gasteiger partial charge in [0.1, 0.15) is 0 Å². The monoisotopic (exact) mass is 705 g/mol. The van der Waals surface area contributed by atoms with E-state index in [2.05, 4.69) is 181 Å². The number of hydrogen-bond donors (Lipinski definition) is 0. The molecular weight excluding hydrogens is 663 g/mol. The Kier molecular flexibility index (Phi) is 6.88. The lowest BCUT2D eigenvalue weighted by Crippen LogP contribution is -2.55. The highest BCUT2D eigenvalue weighted by atomic mass is 15.1. The Morgan fingerprint density at radius 2 is 0.964 bits per heavy atom. The smallest absolute Gasteiger partial charge is 0.0543 e. The summed E-state index contributed by atoms with van der Waals surface area (Å²) in [6, 6.07) is 66.2. The van der Waals surface area contributed by atoms with Crippen LogP contribution in [0.1, 0.15) is 43.2 Å². The Labute approximate surface area is 323 Å². The van der Waals surface area contributed by atoms with Gasteiger partial charge in [0.2, 0.25) is 0 Å². The Balaban J connectivity index is 1.01. The average Bonchev–Trinajstić information content (AvgIpc) is 3.54. The third-order valence-electron chi connectivity index (χ3n) is 14.2. The minimum Gasteiger partial charge on any atom is -0.310 e. The summed E-state index contributed by atoms with van der Waals surface area (Å²) >= 11 is 0. The van der Waals surface area contributed by atoms with E-state index < -0.39 is 0 Å². The predicted octanol–water partition coefficient (Wildman–Crippen LogP) is 14.5. The topological polar surface area (TPSA) is 3.24 Å². The fourth-order valence-corrected chi connectivity index (χ4v) is 12.2. The van der Waals surface area contributed by atoms with Crippen molar-refractivity contribution in [3.05, 3.63) is 187 Å². The Hall–Kier alpha value is -5.92. The first-order valence-electron chi connectivity index (χ1n) is 20.4. The van der Waals surface area contributed by atoms with Crippen molar-refractivity contribution in [1.29, 1.82) is 0 Å². The summed E-state index contributed by atoms with van der Waals surface area (Å²) in [6.07, 6.45) is 7.03. The molecule has 0 saturated heterocycles. The van der Waals surface area contributed by atoms with E-state index in [1.54, 1.807) is 11.1 Å². The lowest BCUT2D eigenvalue weighted by atomic mass is 9.43. The maximum absolute atomic E-state index is 2.54. The van der Waals surface area contributed by atoms with Crippen LogP contribution in [0, 0.1) is 23.7 Å². The molecule has 264 valence electrons. The molecule has 0 aromatic heterocycles. The first-order chi connectivity index (χ1) is 27.2. The molecule has 0 amide bonds. The molecule has 0 heterocycles. The van der Waals surface area contributed by atoms with Gasteiger partial charge in [0.15, 0.2) is 0 Å². The highest BCUT2D eigenvalue weighted by Crippen LogP contribution is 2.70. The molecule has 1 spiro atoms. The molecule has 1 heteroatoms. The standard InChI is InChI=1S/C54H43N/c1-2-9-37(10-3-1)38-19-24-45(25-20-38)55(46-26-21-39(22-27-46)41-23-28-48-42(34-41)18-17-40-11-4-5-12-47(40)48)52-16-8-15-51-53(52)49-13-6-7-14-50(49)54(51)43-30-35-29-36(32-43)33-44(54)31-35/h1-28,34-36,43-44H,29-33H2. The summed E-state index contributed by atoms with van der Waals surface area (Å²) in [5, 5.41) is 5.17. The van der Waals surface area contributed by atoms with Crippen LogP contribution in [0.3, 0.4) is 0 Å². The zero-order chi connectivity index (χ0) is 36.1. The highest BCUT2D eigenvalue weighted by Gasteiger charge is 2.61. The molecule has 0 aliphatic heterocycles. The molecule has 8 aromatic carbocycles. The first kappa shape index (κ1) is 31.4. The first-order valence-corrected chi connectivity index (χ1v) is 20.4. The van der Waals surface area contributed by atoms with Gasteiger partial charge >= 0.3 is 0 Å². The Morgan fingerprint density at radius 3 is 1.71 bits per heavy atom. The second-order valence-corrected chi connectivity index (χ2v) is 16.9. The van der Waals surface area contributed by atoms with E-state index in [0.717, 1.165) is 23.7 Å². The van der Waals surface area contributed by atoms with Crippen LogP contribution in [0.15, 0.2) is 176 Å². The van der Waals surface area contributed by atoms with Gasteiger partial charge in [-0.2, -0.15) is 0 Å². The van der Waals surface area contributed by atoms with Crippen LogP contribution >= 0.6 is 0 Å².